The van der Waals surface area contributed by atoms with Gasteiger partial charge in [-0.2, -0.15) is 0 Å². The molecule has 0 bridgehead atoms. The van der Waals surface area contributed by atoms with Crippen molar-refractivity contribution in [2.75, 3.05) is 6.61 Å². The first-order valence-corrected chi connectivity index (χ1v) is 14.2. The molecule has 0 amide bonds. The monoisotopic (exact) mass is 458 g/mol. The Hall–Kier alpha value is -0.610. The molecule has 0 aromatic carbocycles. The lowest BCUT2D eigenvalue weighted by Crippen LogP contribution is -2.55. The molecule has 0 aromatic rings. The lowest BCUT2D eigenvalue weighted by molar-refractivity contribution is -0.273. The number of fused-ring (bicyclic) bond motifs is 7. The highest BCUT2D eigenvalue weighted by atomic mass is 16.7. The van der Waals surface area contributed by atoms with E-state index in [1.807, 2.05) is 0 Å². The summed E-state index contributed by atoms with van der Waals surface area (Å²) in [5.41, 5.74) is 0.828. The molecule has 1 spiro atoms. The van der Waals surface area contributed by atoms with Gasteiger partial charge in [-0.1, -0.05) is 27.7 Å². The summed E-state index contributed by atoms with van der Waals surface area (Å²) < 4.78 is 19.1. The molecule has 2 aliphatic heterocycles. The molecule has 6 fully saturated rings. The molecule has 0 unspecified atom stereocenters. The molecular weight excluding hydrogens is 412 g/mol. The zero-order valence-corrected chi connectivity index (χ0v) is 21.6. The second-order valence-corrected chi connectivity index (χ2v) is 13.7. The van der Waals surface area contributed by atoms with E-state index in [1.54, 1.807) is 6.92 Å². The van der Waals surface area contributed by atoms with Crippen molar-refractivity contribution in [2.45, 2.75) is 117 Å². The maximum absolute atomic E-state index is 11.5. The van der Waals surface area contributed by atoms with Crippen LogP contribution in [0.5, 0.6) is 0 Å². The molecule has 33 heavy (non-hydrogen) atoms. The molecule has 12 atom stereocenters. The van der Waals surface area contributed by atoms with Crippen LogP contribution in [0.2, 0.25) is 0 Å². The number of hydrogen-bond donors (Lipinski definition) is 0. The van der Waals surface area contributed by atoms with E-state index in [4.69, 9.17) is 14.2 Å². The van der Waals surface area contributed by atoms with Crippen LogP contribution in [0.15, 0.2) is 0 Å². The van der Waals surface area contributed by atoms with Gasteiger partial charge in [0.1, 0.15) is 6.10 Å². The Bertz CT molecular complexity index is 786. The summed E-state index contributed by atoms with van der Waals surface area (Å²) in [6.07, 6.45) is 12.9. The topological polar surface area (TPSA) is 44.8 Å². The van der Waals surface area contributed by atoms with Crippen LogP contribution in [0, 0.1) is 52.3 Å². The van der Waals surface area contributed by atoms with Gasteiger partial charge in [-0.15, -0.1) is 0 Å². The molecule has 2 heterocycles. The molecule has 0 radical (unpaired) electrons. The van der Waals surface area contributed by atoms with Crippen LogP contribution in [-0.4, -0.2) is 30.6 Å². The van der Waals surface area contributed by atoms with Gasteiger partial charge in [0, 0.05) is 19.3 Å². The molecule has 4 nitrogen and oxygen atoms in total. The van der Waals surface area contributed by atoms with Crippen LogP contribution in [0.25, 0.3) is 0 Å². The van der Waals surface area contributed by atoms with Gasteiger partial charge >= 0.3 is 5.97 Å². The van der Waals surface area contributed by atoms with Gasteiger partial charge in [-0.25, -0.2) is 0 Å². The predicted octanol–water partition coefficient (Wildman–Crippen LogP) is 6.36. The summed E-state index contributed by atoms with van der Waals surface area (Å²) >= 11 is 0. The van der Waals surface area contributed by atoms with Gasteiger partial charge in [-0.05, 0) is 104 Å². The minimum absolute atomic E-state index is 0.105. The SMILES string of the molecule is CC(=O)O[C@@H]1CC[C@@]2(C)[C@@H](CC[C@@H]3[C@@H]2CC[C@]2(C)[C@@H]4[C@H](C[C@@H]32)O[C@]2(CC[C@@H](C)CO2)[C@H]4C)C1. The van der Waals surface area contributed by atoms with Crippen LogP contribution >= 0.6 is 0 Å². The molecule has 6 rings (SSSR count). The van der Waals surface area contributed by atoms with Gasteiger partial charge in [-0.3, -0.25) is 4.79 Å². The summed E-state index contributed by atoms with van der Waals surface area (Å²) in [5.74, 6) is 4.63. The standard InChI is InChI=1S/C29H46O4/c1-17-8-13-29(31-16-17)18(2)26-25(33-29)15-24-22-7-6-20-14-21(32-19(3)30)9-11-27(20,4)23(22)10-12-28(24,26)5/h17-18,20-26H,6-16H2,1-5H3/t17-,18+,20+,21-,22-,23+,24+,25+,26+,27+,28+,29-/m1/s1. The van der Waals surface area contributed by atoms with Gasteiger partial charge in [0.05, 0.1) is 12.7 Å². The number of carbonyl (C=O) groups is 1. The van der Waals surface area contributed by atoms with Gasteiger partial charge < -0.3 is 14.2 Å². The highest BCUT2D eigenvalue weighted by molar-refractivity contribution is 5.66. The highest BCUT2D eigenvalue weighted by Gasteiger charge is 2.69. The Kier molecular flexibility index (Phi) is 5.32. The third-order valence-corrected chi connectivity index (χ3v) is 12.2. The number of carbonyl (C=O) groups excluding carboxylic acids is 1. The number of esters is 1. The first-order valence-electron chi connectivity index (χ1n) is 14.2. The number of ether oxygens (including phenoxy) is 3. The average Bonchev–Trinajstić information content (AvgIpc) is 3.21. The predicted molar refractivity (Wildman–Crippen MR) is 127 cm³/mol. The van der Waals surface area contributed by atoms with Crippen LogP contribution < -0.4 is 0 Å². The highest BCUT2D eigenvalue weighted by Crippen LogP contribution is 2.71. The van der Waals surface area contributed by atoms with Crippen molar-refractivity contribution in [3.63, 3.8) is 0 Å². The Morgan fingerprint density at radius 1 is 0.909 bits per heavy atom. The van der Waals surface area contributed by atoms with Crippen molar-refractivity contribution < 1.29 is 19.0 Å². The molecule has 4 aliphatic carbocycles. The Morgan fingerprint density at radius 3 is 2.42 bits per heavy atom. The van der Waals surface area contributed by atoms with Crippen molar-refractivity contribution in [3.05, 3.63) is 0 Å². The molecule has 2 saturated heterocycles. The van der Waals surface area contributed by atoms with Crippen molar-refractivity contribution in [2.24, 2.45) is 52.3 Å². The zero-order chi connectivity index (χ0) is 23.2. The molecule has 0 aromatic heterocycles. The Balaban J connectivity index is 1.21. The molecule has 4 heteroatoms. The smallest absolute Gasteiger partial charge is 0.302 e. The van der Waals surface area contributed by atoms with Crippen LogP contribution in [0.4, 0.5) is 0 Å². The van der Waals surface area contributed by atoms with Crippen molar-refractivity contribution >= 4 is 5.97 Å². The van der Waals surface area contributed by atoms with Crippen molar-refractivity contribution in [1.29, 1.82) is 0 Å². The van der Waals surface area contributed by atoms with E-state index < -0.39 is 0 Å². The summed E-state index contributed by atoms with van der Waals surface area (Å²) in [6, 6.07) is 0. The minimum atomic E-state index is -0.300. The van der Waals surface area contributed by atoms with Gasteiger partial charge in [0.15, 0.2) is 5.79 Å². The van der Waals surface area contributed by atoms with E-state index in [-0.39, 0.29) is 17.9 Å². The van der Waals surface area contributed by atoms with Crippen LogP contribution in [0.3, 0.4) is 0 Å². The van der Waals surface area contributed by atoms with E-state index in [2.05, 4.69) is 27.7 Å². The average molecular weight is 459 g/mol. The number of hydrogen-bond acceptors (Lipinski definition) is 4. The number of rotatable bonds is 1. The summed E-state index contributed by atoms with van der Waals surface area (Å²) in [6.45, 7) is 12.4. The van der Waals surface area contributed by atoms with E-state index in [9.17, 15) is 4.79 Å². The third kappa shape index (κ3) is 3.25. The second kappa shape index (κ2) is 7.69. The first-order chi connectivity index (χ1) is 15.7. The molecule has 0 N–H and O–H groups in total. The first kappa shape index (κ1) is 22.8. The van der Waals surface area contributed by atoms with Crippen molar-refractivity contribution in [3.8, 4) is 0 Å². The molecule has 4 saturated carbocycles. The van der Waals surface area contributed by atoms with Crippen molar-refractivity contribution in [1.82, 2.24) is 0 Å². The lowest BCUT2D eigenvalue weighted by atomic mass is 9.44. The van der Waals surface area contributed by atoms with Crippen LogP contribution in [0.1, 0.15) is 98.8 Å². The maximum Gasteiger partial charge on any atom is 0.302 e. The maximum atomic E-state index is 11.5. The van der Waals surface area contributed by atoms with E-state index >= 15 is 0 Å². The van der Waals surface area contributed by atoms with Gasteiger partial charge in [0.2, 0.25) is 0 Å². The van der Waals surface area contributed by atoms with Crippen LogP contribution in [-0.2, 0) is 19.0 Å². The zero-order valence-electron chi connectivity index (χ0n) is 21.6. The molecule has 186 valence electrons. The van der Waals surface area contributed by atoms with E-state index in [0.29, 0.717) is 34.7 Å². The molecule has 6 aliphatic rings. The van der Waals surface area contributed by atoms with E-state index in [1.165, 1.54) is 44.9 Å². The summed E-state index contributed by atoms with van der Waals surface area (Å²) in [7, 11) is 0. The summed E-state index contributed by atoms with van der Waals surface area (Å²) in [4.78, 5) is 11.5. The minimum Gasteiger partial charge on any atom is -0.463 e. The Labute approximate surface area is 200 Å². The largest absolute Gasteiger partial charge is 0.463 e. The molecular formula is C29H46O4. The summed E-state index contributed by atoms with van der Waals surface area (Å²) in [5, 5.41) is 0. The quantitative estimate of drug-likeness (QED) is 0.429. The lowest BCUT2D eigenvalue weighted by Gasteiger charge is -2.61. The second-order valence-electron chi connectivity index (χ2n) is 13.7. The fraction of sp³-hybridized carbons (Fsp3) is 0.966. The van der Waals surface area contributed by atoms with E-state index in [0.717, 1.165) is 49.5 Å². The van der Waals surface area contributed by atoms with Gasteiger partial charge in [0.25, 0.3) is 0 Å². The fourth-order valence-corrected chi connectivity index (χ4v) is 10.6. The normalized spacial score (nSPS) is 57.7. The Morgan fingerprint density at radius 2 is 1.70 bits per heavy atom. The third-order valence-electron chi connectivity index (χ3n) is 12.2. The fourth-order valence-electron chi connectivity index (χ4n) is 10.6.